The SMILES string of the molecule is CCn1cc(-c2cc(Cn3ccoc3=N)cc(C(=O)NC(c3ccc(Cl)c(Cl)c3)C3CC3)c2)c(C(F)(F)F)n1. The van der Waals surface area contributed by atoms with Crippen molar-refractivity contribution < 1.29 is 22.4 Å². The van der Waals surface area contributed by atoms with Gasteiger partial charge in [0, 0.05) is 30.1 Å². The second kappa shape index (κ2) is 10.6. The molecule has 7 nitrogen and oxygen atoms in total. The number of aromatic nitrogens is 3. The molecule has 0 aliphatic heterocycles. The Morgan fingerprint density at radius 3 is 2.59 bits per heavy atom. The normalized spacial score (nSPS) is 14.4. The monoisotopic (exact) mass is 577 g/mol. The van der Waals surface area contributed by atoms with Crippen molar-refractivity contribution in [2.45, 2.75) is 45.1 Å². The number of hydrogen-bond acceptors (Lipinski definition) is 4. The van der Waals surface area contributed by atoms with Gasteiger partial charge in [0.25, 0.3) is 11.6 Å². The Kier molecular flexibility index (Phi) is 7.35. The smallest absolute Gasteiger partial charge is 0.432 e. The molecule has 0 spiro atoms. The minimum Gasteiger partial charge on any atom is -0.432 e. The molecule has 1 atom stereocenters. The molecule has 1 aliphatic carbocycles. The number of aryl methyl sites for hydroxylation is 1. The molecule has 1 unspecified atom stereocenters. The predicted molar refractivity (Wildman–Crippen MR) is 139 cm³/mol. The second-order valence-corrected chi connectivity index (χ2v) is 10.3. The third-order valence-corrected chi connectivity index (χ3v) is 7.38. The molecule has 0 radical (unpaired) electrons. The van der Waals surface area contributed by atoms with Crippen molar-refractivity contribution in [2.75, 3.05) is 0 Å². The molecule has 2 heterocycles. The Morgan fingerprint density at radius 1 is 1.21 bits per heavy atom. The highest BCUT2D eigenvalue weighted by atomic mass is 35.5. The fraction of sp³-hybridized carbons (Fsp3) is 0.296. The van der Waals surface area contributed by atoms with Crippen molar-refractivity contribution in [1.29, 1.82) is 5.41 Å². The summed E-state index contributed by atoms with van der Waals surface area (Å²) in [4.78, 5) is 13.6. The van der Waals surface area contributed by atoms with Crippen LogP contribution < -0.4 is 11.0 Å². The lowest BCUT2D eigenvalue weighted by molar-refractivity contribution is -0.141. The first-order valence-corrected chi connectivity index (χ1v) is 13.0. The molecule has 1 aliphatic rings. The van der Waals surface area contributed by atoms with Crippen LogP contribution in [0.3, 0.4) is 0 Å². The molecule has 2 N–H and O–H groups in total. The maximum atomic E-state index is 13.9. The van der Waals surface area contributed by atoms with Gasteiger partial charge in [-0.15, -0.1) is 0 Å². The highest BCUT2D eigenvalue weighted by Crippen LogP contribution is 2.42. The third kappa shape index (κ3) is 5.91. The maximum absolute atomic E-state index is 13.9. The summed E-state index contributed by atoms with van der Waals surface area (Å²) in [5, 5.41) is 15.5. The zero-order chi connectivity index (χ0) is 27.9. The van der Waals surface area contributed by atoms with Crippen molar-refractivity contribution in [3.05, 3.63) is 93.2 Å². The van der Waals surface area contributed by atoms with Crippen LogP contribution in [-0.4, -0.2) is 20.3 Å². The van der Waals surface area contributed by atoms with Crippen LogP contribution >= 0.6 is 23.2 Å². The third-order valence-electron chi connectivity index (χ3n) is 6.64. The molecule has 39 heavy (non-hydrogen) atoms. The van der Waals surface area contributed by atoms with Crippen LogP contribution in [0.2, 0.25) is 10.0 Å². The number of amides is 1. The molecular formula is C27H24Cl2F3N5O2. The van der Waals surface area contributed by atoms with Crippen molar-refractivity contribution in [3.8, 4) is 11.1 Å². The number of nitrogens with one attached hydrogen (secondary N) is 2. The van der Waals surface area contributed by atoms with Crippen molar-refractivity contribution >= 4 is 29.1 Å². The molecule has 4 aromatic rings. The van der Waals surface area contributed by atoms with E-state index in [1.807, 2.05) is 0 Å². The minimum absolute atomic E-state index is 0.117. The van der Waals surface area contributed by atoms with Gasteiger partial charge in [0.2, 0.25) is 0 Å². The van der Waals surface area contributed by atoms with Crippen molar-refractivity contribution in [2.24, 2.45) is 5.92 Å². The quantitative estimate of drug-likeness (QED) is 0.244. The molecular weight excluding hydrogens is 554 g/mol. The van der Waals surface area contributed by atoms with Crippen molar-refractivity contribution in [1.82, 2.24) is 19.7 Å². The molecule has 5 rings (SSSR count). The number of halogens is 5. The molecule has 1 amide bonds. The molecule has 204 valence electrons. The van der Waals surface area contributed by atoms with Crippen LogP contribution in [-0.2, 0) is 19.3 Å². The number of hydrogen-bond donors (Lipinski definition) is 2. The highest BCUT2D eigenvalue weighted by Gasteiger charge is 2.38. The fourth-order valence-corrected chi connectivity index (χ4v) is 4.84. The molecule has 2 aromatic carbocycles. The Morgan fingerprint density at radius 2 is 1.97 bits per heavy atom. The second-order valence-electron chi connectivity index (χ2n) is 9.46. The summed E-state index contributed by atoms with van der Waals surface area (Å²) in [7, 11) is 0. The van der Waals surface area contributed by atoms with E-state index in [1.165, 1.54) is 27.8 Å². The minimum atomic E-state index is -4.69. The first-order valence-electron chi connectivity index (χ1n) is 12.3. The lowest BCUT2D eigenvalue weighted by atomic mass is 9.98. The van der Waals surface area contributed by atoms with E-state index in [-0.39, 0.29) is 47.4 Å². The van der Waals surface area contributed by atoms with Crippen molar-refractivity contribution in [3.63, 3.8) is 0 Å². The van der Waals surface area contributed by atoms with E-state index >= 15 is 0 Å². The summed E-state index contributed by atoms with van der Waals surface area (Å²) >= 11 is 12.3. The van der Waals surface area contributed by atoms with Crippen LogP contribution in [0.1, 0.15) is 53.0 Å². The summed E-state index contributed by atoms with van der Waals surface area (Å²) in [6.45, 7) is 2.06. The van der Waals surface area contributed by atoms with E-state index in [0.29, 0.717) is 15.6 Å². The average molecular weight is 578 g/mol. The van der Waals surface area contributed by atoms with Gasteiger partial charge in [-0.3, -0.25) is 19.5 Å². The number of nitrogens with zero attached hydrogens (tertiary/aromatic N) is 3. The van der Waals surface area contributed by atoms with Crippen LogP contribution in [0, 0.1) is 11.3 Å². The van der Waals surface area contributed by atoms with Gasteiger partial charge in [-0.25, -0.2) is 0 Å². The molecule has 1 fully saturated rings. The van der Waals surface area contributed by atoms with Crippen LogP contribution in [0.4, 0.5) is 13.2 Å². The topological polar surface area (TPSA) is 88.8 Å². The standard InChI is InChI=1S/C27H24Cl2F3N5O2/c1-2-37-14-20(24(35-37)27(30,31)32)18-9-15(13-36-7-8-39-26(36)33)10-19(11-18)25(38)34-23(16-3-4-16)17-5-6-21(28)22(29)12-17/h5-12,14,16,23,33H,2-4,13H2,1H3,(H,34,38). The van der Waals surface area contributed by atoms with E-state index in [1.54, 1.807) is 43.5 Å². The van der Waals surface area contributed by atoms with Gasteiger partial charge in [0.15, 0.2) is 5.69 Å². The number of benzene rings is 2. The predicted octanol–water partition coefficient (Wildman–Crippen LogP) is 6.70. The van der Waals surface area contributed by atoms with E-state index in [0.717, 1.165) is 18.4 Å². The Balaban J connectivity index is 1.56. The van der Waals surface area contributed by atoms with Gasteiger partial charge in [0.1, 0.15) is 6.26 Å². The van der Waals surface area contributed by atoms with E-state index in [9.17, 15) is 18.0 Å². The summed E-state index contributed by atoms with van der Waals surface area (Å²) in [5.74, 6) is -0.235. The maximum Gasteiger partial charge on any atom is 0.435 e. The largest absolute Gasteiger partial charge is 0.435 e. The first-order chi connectivity index (χ1) is 18.5. The Bertz CT molecular complexity index is 1590. The zero-order valence-electron chi connectivity index (χ0n) is 20.7. The van der Waals surface area contributed by atoms with Gasteiger partial charge in [-0.1, -0.05) is 29.3 Å². The molecule has 0 saturated heterocycles. The van der Waals surface area contributed by atoms with Crippen LogP contribution in [0.5, 0.6) is 0 Å². The van der Waals surface area contributed by atoms with E-state index in [2.05, 4.69) is 10.4 Å². The van der Waals surface area contributed by atoms with Crippen LogP contribution in [0.15, 0.2) is 59.5 Å². The Hall–Kier alpha value is -3.50. The average Bonchev–Trinajstić information content (AvgIpc) is 3.50. The first kappa shape index (κ1) is 27.1. The number of rotatable bonds is 8. The number of carbonyl (C=O) groups is 1. The number of carbonyl (C=O) groups excluding carboxylic acids is 1. The van der Waals surface area contributed by atoms with E-state index < -0.39 is 17.8 Å². The van der Waals surface area contributed by atoms with Gasteiger partial charge in [0.05, 0.1) is 22.6 Å². The number of oxazole rings is 1. The molecule has 1 saturated carbocycles. The molecule has 12 heteroatoms. The highest BCUT2D eigenvalue weighted by molar-refractivity contribution is 6.42. The fourth-order valence-electron chi connectivity index (χ4n) is 4.53. The lowest BCUT2D eigenvalue weighted by Gasteiger charge is -2.20. The number of alkyl halides is 3. The zero-order valence-corrected chi connectivity index (χ0v) is 22.2. The summed E-state index contributed by atoms with van der Waals surface area (Å²) in [5.41, 5.74) is 0.400. The van der Waals surface area contributed by atoms with Gasteiger partial charge in [-0.2, -0.15) is 18.3 Å². The molecule has 2 aromatic heterocycles. The Labute approximate surface area is 231 Å². The lowest BCUT2D eigenvalue weighted by Crippen LogP contribution is -2.30. The molecule has 0 bridgehead atoms. The van der Waals surface area contributed by atoms with E-state index in [4.69, 9.17) is 33.0 Å². The van der Waals surface area contributed by atoms with Gasteiger partial charge >= 0.3 is 6.18 Å². The van der Waals surface area contributed by atoms with Crippen LogP contribution in [0.25, 0.3) is 11.1 Å². The summed E-state index contributed by atoms with van der Waals surface area (Å²) < 4.78 is 49.4. The summed E-state index contributed by atoms with van der Waals surface area (Å²) in [6, 6.07) is 9.47. The van der Waals surface area contributed by atoms with Gasteiger partial charge < -0.3 is 9.73 Å². The summed E-state index contributed by atoms with van der Waals surface area (Å²) in [6.07, 6.45) is 1.36. The van der Waals surface area contributed by atoms with Gasteiger partial charge in [-0.05, 0) is 72.7 Å².